The van der Waals surface area contributed by atoms with Crippen molar-refractivity contribution in [3.05, 3.63) is 57.3 Å². The third-order valence-corrected chi connectivity index (χ3v) is 6.09. The van der Waals surface area contributed by atoms with E-state index in [2.05, 4.69) is 11.4 Å². The van der Waals surface area contributed by atoms with Crippen LogP contribution in [-0.2, 0) is 17.8 Å². The number of nitrogens with zero attached hydrogens (tertiary/aromatic N) is 1. The summed E-state index contributed by atoms with van der Waals surface area (Å²) in [5.74, 6) is 0.457. The van der Waals surface area contributed by atoms with Crippen LogP contribution in [0.15, 0.2) is 35.7 Å². The number of aliphatic hydroxyl groups is 1. The van der Waals surface area contributed by atoms with Crippen LogP contribution < -0.4 is 0 Å². The van der Waals surface area contributed by atoms with Crippen LogP contribution in [0.5, 0.6) is 0 Å². The Bertz CT molecular complexity index is 718. The molecule has 24 heavy (non-hydrogen) atoms. The first kappa shape index (κ1) is 15.8. The molecule has 0 spiro atoms. The van der Waals surface area contributed by atoms with Gasteiger partial charge in [-0.1, -0.05) is 12.1 Å². The van der Waals surface area contributed by atoms with E-state index >= 15 is 0 Å². The molecule has 1 N–H and O–H groups in total. The van der Waals surface area contributed by atoms with Crippen molar-refractivity contribution in [3.8, 4) is 0 Å². The fourth-order valence-corrected chi connectivity index (χ4v) is 4.91. The number of carbonyl (C=O) groups excluding carboxylic acids is 1. The molecule has 2 aliphatic rings. The van der Waals surface area contributed by atoms with E-state index < -0.39 is 0 Å². The fraction of sp³-hybridized carbons (Fsp3) is 0.421. The maximum absolute atomic E-state index is 13.1. The van der Waals surface area contributed by atoms with E-state index in [0.29, 0.717) is 11.5 Å². The minimum atomic E-state index is -0.00121. The average Bonchev–Trinajstić information content (AvgIpc) is 3.31. The van der Waals surface area contributed by atoms with Crippen molar-refractivity contribution in [2.75, 3.05) is 19.8 Å². The number of aliphatic hydroxyl groups excluding tert-OH is 1. The Kier molecular flexibility index (Phi) is 4.39. The first-order valence-corrected chi connectivity index (χ1v) is 9.30. The van der Waals surface area contributed by atoms with Crippen molar-refractivity contribution in [1.82, 2.24) is 4.90 Å². The van der Waals surface area contributed by atoms with Gasteiger partial charge in [0.1, 0.15) is 0 Å². The van der Waals surface area contributed by atoms with Crippen LogP contribution in [0.3, 0.4) is 0 Å². The zero-order valence-electron chi connectivity index (χ0n) is 13.5. The molecule has 0 saturated carbocycles. The second kappa shape index (κ2) is 6.67. The molecule has 126 valence electrons. The van der Waals surface area contributed by atoms with Gasteiger partial charge in [0, 0.05) is 29.5 Å². The summed E-state index contributed by atoms with van der Waals surface area (Å²) in [7, 11) is 0. The first-order chi connectivity index (χ1) is 11.8. The molecule has 2 aromatic rings. The molecule has 2 aliphatic heterocycles. The minimum Gasteiger partial charge on any atom is -0.392 e. The summed E-state index contributed by atoms with van der Waals surface area (Å²) in [4.78, 5) is 16.5. The van der Waals surface area contributed by atoms with Crippen molar-refractivity contribution >= 4 is 17.2 Å². The molecule has 4 nitrogen and oxygen atoms in total. The maximum Gasteiger partial charge on any atom is 0.254 e. The van der Waals surface area contributed by atoms with Crippen molar-refractivity contribution in [1.29, 1.82) is 0 Å². The number of carbonyl (C=O) groups is 1. The summed E-state index contributed by atoms with van der Waals surface area (Å²) in [6.07, 6.45) is 1.93. The number of rotatable bonds is 3. The Morgan fingerprint density at radius 3 is 2.83 bits per heavy atom. The van der Waals surface area contributed by atoms with E-state index in [9.17, 15) is 9.90 Å². The number of hydrogen-bond donors (Lipinski definition) is 1. The summed E-state index contributed by atoms with van der Waals surface area (Å²) in [6.45, 7) is 2.27. The van der Waals surface area contributed by atoms with Crippen molar-refractivity contribution in [2.24, 2.45) is 5.92 Å². The monoisotopic (exact) mass is 343 g/mol. The van der Waals surface area contributed by atoms with Crippen LogP contribution in [0.2, 0.25) is 0 Å². The lowest BCUT2D eigenvalue weighted by Crippen LogP contribution is -2.42. The van der Waals surface area contributed by atoms with Gasteiger partial charge in [0.25, 0.3) is 5.91 Å². The molecule has 3 heterocycles. The number of thiophene rings is 1. The molecule has 0 aliphatic carbocycles. The quantitative estimate of drug-likeness (QED) is 0.932. The summed E-state index contributed by atoms with van der Waals surface area (Å²) >= 11 is 1.76. The number of benzene rings is 1. The summed E-state index contributed by atoms with van der Waals surface area (Å²) in [6, 6.07) is 9.60. The highest BCUT2D eigenvalue weighted by atomic mass is 32.1. The topological polar surface area (TPSA) is 49.8 Å². The normalized spacial score (nSPS) is 23.3. The largest absolute Gasteiger partial charge is 0.392 e. The highest BCUT2D eigenvalue weighted by Gasteiger charge is 2.39. The van der Waals surface area contributed by atoms with Crippen LogP contribution in [0.1, 0.15) is 38.8 Å². The molecule has 4 rings (SSSR count). The molecular weight excluding hydrogens is 322 g/mol. The third kappa shape index (κ3) is 2.77. The Morgan fingerprint density at radius 1 is 1.29 bits per heavy atom. The van der Waals surface area contributed by atoms with E-state index in [4.69, 9.17) is 4.74 Å². The zero-order valence-corrected chi connectivity index (χ0v) is 14.3. The van der Waals surface area contributed by atoms with Gasteiger partial charge in [-0.25, -0.2) is 0 Å². The Balaban J connectivity index is 1.65. The molecule has 1 saturated heterocycles. The number of fused-ring (bicyclic) bond motifs is 1. The van der Waals surface area contributed by atoms with Crippen LogP contribution in [0, 0.1) is 5.92 Å². The average molecular weight is 343 g/mol. The molecule has 1 amide bonds. The Hall–Kier alpha value is -1.69. The second-order valence-corrected chi connectivity index (χ2v) is 7.43. The predicted molar refractivity (Wildman–Crippen MR) is 93.1 cm³/mol. The van der Waals surface area contributed by atoms with Gasteiger partial charge in [0.05, 0.1) is 19.3 Å². The van der Waals surface area contributed by atoms with Crippen molar-refractivity contribution < 1.29 is 14.6 Å². The zero-order chi connectivity index (χ0) is 16.5. The lowest BCUT2D eigenvalue weighted by Gasteiger charge is -2.38. The maximum atomic E-state index is 13.1. The molecule has 5 heteroatoms. The van der Waals surface area contributed by atoms with Crippen molar-refractivity contribution in [2.45, 2.75) is 25.5 Å². The second-order valence-electron chi connectivity index (χ2n) is 6.48. The van der Waals surface area contributed by atoms with Crippen LogP contribution in [0.4, 0.5) is 0 Å². The van der Waals surface area contributed by atoms with Gasteiger partial charge < -0.3 is 14.7 Å². The lowest BCUT2D eigenvalue weighted by molar-refractivity contribution is 0.0569. The number of hydrogen-bond acceptors (Lipinski definition) is 4. The van der Waals surface area contributed by atoms with E-state index in [1.165, 1.54) is 10.4 Å². The summed E-state index contributed by atoms with van der Waals surface area (Å²) in [5, 5.41) is 11.3. The smallest absolute Gasteiger partial charge is 0.254 e. The van der Waals surface area contributed by atoms with Crippen molar-refractivity contribution in [3.63, 3.8) is 0 Å². The standard InChI is InChI=1S/C19H21NO3S/c21-11-13-1-3-15(4-2-13)19(22)20-8-5-14-7-10-24-18(14)17(20)16-6-9-23-12-16/h1-4,7,10,16-17,21H,5-6,8-9,11-12H2. The SMILES string of the molecule is O=C(c1ccc(CO)cc1)N1CCc2ccsc2C1C1CCOC1. The Labute approximate surface area is 145 Å². The minimum absolute atomic E-state index is 0.00121. The van der Waals surface area contributed by atoms with E-state index in [0.717, 1.165) is 38.2 Å². The van der Waals surface area contributed by atoms with Crippen LogP contribution in [0.25, 0.3) is 0 Å². The molecular formula is C19H21NO3S. The van der Waals surface area contributed by atoms with Gasteiger partial charge >= 0.3 is 0 Å². The predicted octanol–water partition coefficient (Wildman–Crippen LogP) is 3.02. The van der Waals surface area contributed by atoms with E-state index in [1.807, 2.05) is 29.2 Å². The van der Waals surface area contributed by atoms with E-state index in [1.54, 1.807) is 11.3 Å². The molecule has 2 atom stereocenters. The van der Waals surface area contributed by atoms with Gasteiger partial charge in [0.2, 0.25) is 0 Å². The van der Waals surface area contributed by atoms with Gasteiger partial charge in [-0.3, -0.25) is 4.79 Å². The Morgan fingerprint density at radius 2 is 2.12 bits per heavy atom. The number of amides is 1. The van der Waals surface area contributed by atoms with E-state index in [-0.39, 0.29) is 18.6 Å². The number of ether oxygens (including phenoxy) is 1. The van der Waals surface area contributed by atoms with Gasteiger partial charge in [0.15, 0.2) is 0 Å². The van der Waals surface area contributed by atoms with Crippen LogP contribution in [-0.4, -0.2) is 35.7 Å². The van der Waals surface area contributed by atoms with Gasteiger partial charge in [-0.05, 0) is 47.5 Å². The fourth-order valence-electron chi connectivity index (χ4n) is 3.75. The first-order valence-electron chi connectivity index (χ1n) is 8.42. The third-order valence-electron chi connectivity index (χ3n) is 5.06. The van der Waals surface area contributed by atoms with Crippen LogP contribution >= 0.6 is 11.3 Å². The highest BCUT2D eigenvalue weighted by Crippen LogP contribution is 2.42. The van der Waals surface area contributed by atoms with Gasteiger partial charge in [-0.2, -0.15) is 0 Å². The molecule has 1 aromatic heterocycles. The molecule has 1 aromatic carbocycles. The van der Waals surface area contributed by atoms with Gasteiger partial charge in [-0.15, -0.1) is 11.3 Å². The summed E-state index contributed by atoms with van der Waals surface area (Å²) in [5.41, 5.74) is 2.90. The lowest BCUT2D eigenvalue weighted by atomic mass is 9.89. The molecule has 0 bridgehead atoms. The highest BCUT2D eigenvalue weighted by molar-refractivity contribution is 7.10. The molecule has 1 fully saturated rings. The summed E-state index contributed by atoms with van der Waals surface area (Å²) < 4.78 is 5.60. The molecule has 0 radical (unpaired) electrons. The molecule has 2 unspecified atom stereocenters.